The summed E-state index contributed by atoms with van der Waals surface area (Å²) in [6.07, 6.45) is 0. The molecule has 1 N–H and O–H groups in total. The molecule has 21 heavy (non-hydrogen) atoms. The van der Waals surface area contributed by atoms with Crippen molar-refractivity contribution in [2.45, 2.75) is 13.5 Å². The molecule has 3 heteroatoms. The van der Waals surface area contributed by atoms with Gasteiger partial charge in [0, 0.05) is 37.6 Å². The van der Waals surface area contributed by atoms with E-state index in [-0.39, 0.29) is 6.61 Å². The standard InChI is InChI=1S/C18H22N2O/c1-15-3-2-4-18(13-15)20-11-9-19(10-12-20)17-7-5-16(14-21)6-8-17/h2-8,13,21H,9-12,14H2,1H3. The second-order valence-corrected chi connectivity index (χ2v) is 5.64. The fraction of sp³-hybridized carbons (Fsp3) is 0.333. The molecule has 0 aliphatic carbocycles. The molecule has 1 heterocycles. The molecule has 0 saturated carbocycles. The first-order valence-corrected chi connectivity index (χ1v) is 7.52. The van der Waals surface area contributed by atoms with Crippen LogP contribution in [0.1, 0.15) is 11.1 Å². The number of aryl methyl sites for hydroxylation is 1. The van der Waals surface area contributed by atoms with Crippen LogP contribution in [-0.2, 0) is 6.61 Å². The van der Waals surface area contributed by atoms with Crippen LogP contribution in [0.15, 0.2) is 48.5 Å². The summed E-state index contributed by atoms with van der Waals surface area (Å²) in [5, 5.41) is 9.10. The third-order valence-electron chi connectivity index (χ3n) is 4.13. The van der Waals surface area contributed by atoms with Gasteiger partial charge in [0.15, 0.2) is 0 Å². The first kappa shape index (κ1) is 14.0. The molecule has 1 aliphatic rings. The number of anilines is 2. The molecule has 3 nitrogen and oxygen atoms in total. The lowest BCUT2D eigenvalue weighted by Gasteiger charge is -2.37. The normalized spacial score (nSPS) is 15.3. The Kier molecular flexibility index (Phi) is 4.11. The highest BCUT2D eigenvalue weighted by molar-refractivity contribution is 5.53. The number of aliphatic hydroxyl groups excluding tert-OH is 1. The van der Waals surface area contributed by atoms with Gasteiger partial charge in [-0.2, -0.15) is 0 Å². The Balaban J connectivity index is 1.64. The monoisotopic (exact) mass is 282 g/mol. The minimum atomic E-state index is 0.113. The van der Waals surface area contributed by atoms with Crippen molar-refractivity contribution in [1.29, 1.82) is 0 Å². The molecule has 0 atom stereocenters. The lowest BCUT2D eigenvalue weighted by molar-refractivity contribution is 0.282. The number of piperazine rings is 1. The number of nitrogens with zero attached hydrogens (tertiary/aromatic N) is 2. The third kappa shape index (κ3) is 3.19. The van der Waals surface area contributed by atoms with E-state index >= 15 is 0 Å². The Bertz CT molecular complexity index is 586. The summed E-state index contributed by atoms with van der Waals surface area (Å²) in [7, 11) is 0. The van der Waals surface area contributed by atoms with Crippen LogP contribution in [0.25, 0.3) is 0 Å². The first-order valence-electron chi connectivity index (χ1n) is 7.52. The first-order chi connectivity index (χ1) is 10.3. The van der Waals surface area contributed by atoms with Gasteiger partial charge in [0.2, 0.25) is 0 Å². The molecule has 3 rings (SSSR count). The Hall–Kier alpha value is -2.00. The SMILES string of the molecule is Cc1cccc(N2CCN(c3ccc(CO)cc3)CC2)c1. The predicted octanol–water partition coefficient (Wildman–Crippen LogP) is 2.81. The van der Waals surface area contributed by atoms with E-state index in [1.165, 1.54) is 16.9 Å². The van der Waals surface area contributed by atoms with E-state index in [1.807, 2.05) is 12.1 Å². The van der Waals surface area contributed by atoms with Crippen LogP contribution in [0, 0.1) is 6.92 Å². The maximum Gasteiger partial charge on any atom is 0.0681 e. The van der Waals surface area contributed by atoms with Gasteiger partial charge in [0.1, 0.15) is 0 Å². The third-order valence-corrected chi connectivity index (χ3v) is 4.13. The van der Waals surface area contributed by atoms with E-state index in [2.05, 4.69) is 53.1 Å². The molecule has 0 radical (unpaired) electrons. The number of aliphatic hydroxyl groups is 1. The van der Waals surface area contributed by atoms with Gasteiger partial charge in [-0.3, -0.25) is 0 Å². The van der Waals surface area contributed by atoms with Crippen molar-refractivity contribution >= 4 is 11.4 Å². The van der Waals surface area contributed by atoms with E-state index in [4.69, 9.17) is 5.11 Å². The van der Waals surface area contributed by atoms with Gasteiger partial charge in [0.05, 0.1) is 6.61 Å². The summed E-state index contributed by atoms with van der Waals surface area (Å²) >= 11 is 0. The van der Waals surface area contributed by atoms with E-state index in [0.29, 0.717) is 0 Å². The Morgan fingerprint density at radius 3 is 2.05 bits per heavy atom. The van der Waals surface area contributed by atoms with Crippen LogP contribution in [-0.4, -0.2) is 31.3 Å². The lowest BCUT2D eigenvalue weighted by atomic mass is 10.1. The zero-order valence-corrected chi connectivity index (χ0v) is 12.5. The van der Waals surface area contributed by atoms with Crippen molar-refractivity contribution in [1.82, 2.24) is 0 Å². The quantitative estimate of drug-likeness (QED) is 0.938. The van der Waals surface area contributed by atoms with Crippen molar-refractivity contribution in [3.8, 4) is 0 Å². The van der Waals surface area contributed by atoms with Crippen molar-refractivity contribution in [2.75, 3.05) is 36.0 Å². The Morgan fingerprint density at radius 2 is 1.48 bits per heavy atom. The fourth-order valence-electron chi connectivity index (χ4n) is 2.86. The van der Waals surface area contributed by atoms with Crippen LogP contribution in [0.2, 0.25) is 0 Å². The summed E-state index contributed by atoms with van der Waals surface area (Å²) in [5.74, 6) is 0. The van der Waals surface area contributed by atoms with Gasteiger partial charge in [0.25, 0.3) is 0 Å². The molecule has 1 saturated heterocycles. The topological polar surface area (TPSA) is 26.7 Å². The average molecular weight is 282 g/mol. The van der Waals surface area contributed by atoms with Crippen LogP contribution >= 0.6 is 0 Å². The number of hydrogen-bond acceptors (Lipinski definition) is 3. The second kappa shape index (κ2) is 6.19. The van der Waals surface area contributed by atoms with E-state index < -0.39 is 0 Å². The summed E-state index contributed by atoms with van der Waals surface area (Å²) in [6, 6.07) is 16.9. The van der Waals surface area contributed by atoms with Crippen LogP contribution in [0.4, 0.5) is 11.4 Å². The van der Waals surface area contributed by atoms with Crippen LogP contribution < -0.4 is 9.80 Å². The van der Waals surface area contributed by atoms with Gasteiger partial charge in [-0.15, -0.1) is 0 Å². The highest BCUT2D eigenvalue weighted by atomic mass is 16.3. The largest absolute Gasteiger partial charge is 0.392 e. The maximum absolute atomic E-state index is 9.10. The smallest absolute Gasteiger partial charge is 0.0681 e. The molecule has 1 aliphatic heterocycles. The molecule has 0 bridgehead atoms. The Labute approximate surface area is 126 Å². The highest BCUT2D eigenvalue weighted by Gasteiger charge is 2.17. The number of benzene rings is 2. The molecule has 2 aromatic carbocycles. The van der Waals surface area contributed by atoms with Gasteiger partial charge >= 0.3 is 0 Å². The van der Waals surface area contributed by atoms with E-state index in [9.17, 15) is 0 Å². The maximum atomic E-state index is 9.10. The van der Waals surface area contributed by atoms with Gasteiger partial charge in [-0.1, -0.05) is 24.3 Å². The van der Waals surface area contributed by atoms with Crippen molar-refractivity contribution < 1.29 is 5.11 Å². The summed E-state index contributed by atoms with van der Waals surface area (Å²) in [4.78, 5) is 4.86. The minimum Gasteiger partial charge on any atom is -0.392 e. The van der Waals surface area contributed by atoms with Crippen LogP contribution in [0.5, 0.6) is 0 Å². The van der Waals surface area contributed by atoms with Crippen molar-refractivity contribution in [3.05, 3.63) is 59.7 Å². The molecule has 110 valence electrons. The molecule has 0 unspecified atom stereocenters. The summed E-state index contributed by atoms with van der Waals surface area (Å²) < 4.78 is 0. The molecular formula is C18H22N2O. The minimum absolute atomic E-state index is 0.113. The van der Waals surface area contributed by atoms with Gasteiger partial charge in [-0.25, -0.2) is 0 Å². The van der Waals surface area contributed by atoms with Gasteiger partial charge < -0.3 is 14.9 Å². The predicted molar refractivity (Wildman–Crippen MR) is 88.0 cm³/mol. The Morgan fingerprint density at radius 1 is 0.857 bits per heavy atom. The molecule has 0 amide bonds. The van der Waals surface area contributed by atoms with Crippen LogP contribution in [0.3, 0.4) is 0 Å². The zero-order chi connectivity index (χ0) is 14.7. The zero-order valence-electron chi connectivity index (χ0n) is 12.5. The fourth-order valence-corrected chi connectivity index (χ4v) is 2.86. The summed E-state index contributed by atoms with van der Waals surface area (Å²) in [5.41, 5.74) is 4.85. The highest BCUT2D eigenvalue weighted by Crippen LogP contribution is 2.21. The lowest BCUT2D eigenvalue weighted by Crippen LogP contribution is -2.46. The van der Waals surface area contributed by atoms with Crippen molar-refractivity contribution in [2.24, 2.45) is 0 Å². The average Bonchev–Trinajstić information content (AvgIpc) is 2.55. The molecule has 2 aromatic rings. The second-order valence-electron chi connectivity index (χ2n) is 5.64. The molecule has 0 spiro atoms. The van der Waals surface area contributed by atoms with E-state index in [0.717, 1.165) is 31.7 Å². The summed E-state index contributed by atoms with van der Waals surface area (Å²) in [6.45, 7) is 6.42. The van der Waals surface area contributed by atoms with Crippen molar-refractivity contribution in [3.63, 3.8) is 0 Å². The molecule has 0 aromatic heterocycles. The number of rotatable bonds is 3. The van der Waals surface area contributed by atoms with Gasteiger partial charge in [-0.05, 0) is 42.3 Å². The molecule has 1 fully saturated rings. The molecular weight excluding hydrogens is 260 g/mol. The van der Waals surface area contributed by atoms with E-state index in [1.54, 1.807) is 0 Å². The number of hydrogen-bond donors (Lipinski definition) is 1.